The Morgan fingerprint density at radius 1 is 0.421 bits per heavy atom. The van der Waals surface area contributed by atoms with Gasteiger partial charge in [0.2, 0.25) is 0 Å². The Kier molecular flexibility index (Phi) is 4.04. The van der Waals surface area contributed by atoms with Crippen molar-refractivity contribution in [3.63, 3.8) is 0 Å². The fraction of sp³-hybridized carbons (Fsp3) is 0. The summed E-state index contributed by atoms with van der Waals surface area (Å²) >= 11 is 0. The smallest absolute Gasteiger partial charge is 0.198 e. The van der Waals surface area contributed by atoms with E-state index >= 15 is 0 Å². The van der Waals surface area contributed by atoms with Crippen LogP contribution in [-0.4, -0.2) is 8.97 Å². The number of pyridine rings is 3. The predicted molar refractivity (Wildman–Crippen MR) is 154 cm³/mol. The molecule has 0 aliphatic carbocycles. The number of para-hydroxylation sites is 4. The number of benzene rings is 5. The minimum absolute atomic E-state index is 0.164. The van der Waals surface area contributed by atoms with Gasteiger partial charge in [0.25, 0.3) is 0 Å². The van der Waals surface area contributed by atoms with Crippen LogP contribution in [0.1, 0.15) is 0 Å². The summed E-state index contributed by atoms with van der Waals surface area (Å²) in [6, 6.07) is 33.7. The molecule has 5 nitrogen and oxygen atoms in total. The van der Waals surface area contributed by atoms with Crippen molar-refractivity contribution in [2.45, 2.75) is 0 Å². The van der Waals surface area contributed by atoms with E-state index in [0.29, 0.717) is 54.5 Å². The zero-order chi connectivity index (χ0) is 25.5. The van der Waals surface area contributed by atoms with Gasteiger partial charge in [-0.2, -0.15) is 0 Å². The van der Waals surface area contributed by atoms with Gasteiger partial charge in [0, 0.05) is 27.2 Å². The Bertz CT molecular complexity index is 2440. The van der Waals surface area contributed by atoms with Crippen LogP contribution >= 0.6 is 0 Å². The van der Waals surface area contributed by atoms with Gasteiger partial charge in [0.15, 0.2) is 16.3 Å². The van der Waals surface area contributed by atoms with Crippen LogP contribution in [0.3, 0.4) is 0 Å². The minimum Gasteiger partial charge on any atom is -0.309 e. The molecule has 0 atom stereocenters. The van der Waals surface area contributed by atoms with Crippen molar-refractivity contribution in [3.05, 3.63) is 140 Å². The SMILES string of the molecule is O=c1c2ccccc2n2c3ccccc3c(=O)c3c4c(=O)c5ccccc5n(-c5ccccc5)c4cc1c32. The Hall–Kier alpha value is -5.29. The molecule has 0 amide bonds. The number of hydrogen-bond donors (Lipinski definition) is 0. The van der Waals surface area contributed by atoms with E-state index in [4.69, 9.17) is 0 Å². The van der Waals surface area contributed by atoms with Gasteiger partial charge in [-0.15, -0.1) is 0 Å². The fourth-order valence-corrected chi connectivity index (χ4v) is 6.04. The number of aromatic nitrogens is 2. The van der Waals surface area contributed by atoms with Crippen molar-refractivity contribution in [3.8, 4) is 5.69 Å². The zero-order valence-electron chi connectivity index (χ0n) is 20.0. The van der Waals surface area contributed by atoms with Gasteiger partial charge in [-0.1, -0.05) is 54.6 Å². The van der Waals surface area contributed by atoms with E-state index in [1.807, 2.05) is 100.0 Å². The first-order valence-corrected chi connectivity index (χ1v) is 12.4. The van der Waals surface area contributed by atoms with Gasteiger partial charge in [0.05, 0.1) is 38.4 Å². The molecule has 0 aliphatic rings. The van der Waals surface area contributed by atoms with Gasteiger partial charge in [0.1, 0.15) is 0 Å². The number of rotatable bonds is 1. The molecule has 5 aromatic carbocycles. The number of nitrogens with zero attached hydrogens (tertiary/aromatic N) is 2. The molecule has 0 unspecified atom stereocenters. The first-order valence-electron chi connectivity index (χ1n) is 12.4. The molecule has 0 aliphatic heterocycles. The van der Waals surface area contributed by atoms with Crippen molar-refractivity contribution in [1.82, 2.24) is 8.97 Å². The predicted octanol–water partition coefficient (Wildman–Crippen LogP) is 6.01. The molecule has 38 heavy (non-hydrogen) atoms. The van der Waals surface area contributed by atoms with E-state index in [-0.39, 0.29) is 21.7 Å². The van der Waals surface area contributed by atoms with E-state index in [1.165, 1.54) is 0 Å². The van der Waals surface area contributed by atoms with Crippen molar-refractivity contribution in [2.75, 3.05) is 0 Å². The zero-order valence-corrected chi connectivity index (χ0v) is 20.0. The molecule has 0 N–H and O–H groups in total. The minimum atomic E-state index is -0.252. The third kappa shape index (κ3) is 2.52. The molecule has 0 spiro atoms. The van der Waals surface area contributed by atoms with Crippen molar-refractivity contribution >= 4 is 59.9 Å². The molecule has 178 valence electrons. The van der Waals surface area contributed by atoms with Crippen molar-refractivity contribution in [2.24, 2.45) is 0 Å². The Labute approximate surface area is 214 Å². The maximum Gasteiger partial charge on any atom is 0.198 e. The Morgan fingerprint density at radius 3 is 1.58 bits per heavy atom. The third-order valence-corrected chi connectivity index (χ3v) is 7.63. The number of fused-ring (bicyclic) bond motifs is 7. The average Bonchev–Trinajstić information content (AvgIpc) is 2.97. The van der Waals surface area contributed by atoms with Gasteiger partial charge < -0.3 is 8.97 Å². The quantitative estimate of drug-likeness (QED) is 0.209. The van der Waals surface area contributed by atoms with E-state index < -0.39 is 0 Å². The first-order chi connectivity index (χ1) is 18.6. The Balaban J connectivity index is 1.83. The standard InChI is InChI=1S/C33H18N2O3/c36-31-20-12-4-8-16-25(20)35-26-17-9-6-14-22(26)33(38)29-28-27(18-23(31)30(29)35)34(19-10-2-1-3-11-19)24-15-7-5-13-21(24)32(28)37/h1-18H. The van der Waals surface area contributed by atoms with Gasteiger partial charge >= 0.3 is 0 Å². The monoisotopic (exact) mass is 490 g/mol. The molecule has 8 aromatic rings. The maximum atomic E-state index is 14.2. The largest absolute Gasteiger partial charge is 0.309 e. The summed E-state index contributed by atoms with van der Waals surface area (Å²) in [6.45, 7) is 0. The lowest BCUT2D eigenvalue weighted by Crippen LogP contribution is -2.19. The van der Waals surface area contributed by atoms with E-state index in [0.717, 1.165) is 5.69 Å². The molecule has 0 radical (unpaired) electrons. The normalized spacial score (nSPS) is 12.0. The molecule has 0 saturated heterocycles. The highest BCUT2D eigenvalue weighted by Crippen LogP contribution is 2.33. The van der Waals surface area contributed by atoms with Crippen LogP contribution in [0.5, 0.6) is 0 Å². The maximum absolute atomic E-state index is 14.2. The molecule has 5 heteroatoms. The third-order valence-electron chi connectivity index (χ3n) is 7.63. The summed E-state index contributed by atoms with van der Waals surface area (Å²) in [5.41, 5.74) is 3.34. The highest BCUT2D eigenvalue weighted by molar-refractivity contribution is 6.19. The molecule has 3 aromatic heterocycles. The lowest BCUT2D eigenvalue weighted by Gasteiger charge is -2.19. The van der Waals surface area contributed by atoms with Crippen LogP contribution in [0.4, 0.5) is 0 Å². The highest BCUT2D eigenvalue weighted by Gasteiger charge is 2.23. The highest BCUT2D eigenvalue weighted by atomic mass is 16.1. The summed E-state index contributed by atoms with van der Waals surface area (Å²) in [7, 11) is 0. The summed E-state index contributed by atoms with van der Waals surface area (Å²) in [6.07, 6.45) is 0. The van der Waals surface area contributed by atoms with Crippen LogP contribution in [0.25, 0.3) is 65.6 Å². The number of hydrogen-bond acceptors (Lipinski definition) is 3. The second kappa shape index (κ2) is 7.37. The molecular formula is C33H18N2O3. The summed E-state index contributed by atoms with van der Waals surface area (Å²) in [4.78, 5) is 42.4. The topological polar surface area (TPSA) is 60.5 Å². The second-order valence-electron chi connectivity index (χ2n) is 9.59. The molecule has 8 rings (SSSR count). The summed E-state index contributed by atoms with van der Waals surface area (Å²) < 4.78 is 3.95. The van der Waals surface area contributed by atoms with E-state index in [9.17, 15) is 14.4 Å². The lowest BCUT2D eigenvalue weighted by molar-refractivity contribution is 1.16. The summed E-state index contributed by atoms with van der Waals surface area (Å²) in [5.74, 6) is 0. The first kappa shape index (κ1) is 20.9. The second-order valence-corrected chi connectivity index (χ2v) is 9.59. The Morgan fingerprint density at radius 2 is 0.921 bits per heavy atom. The van der Waals surface area contributed by atoms with Crippen molar-refractivity contribution < 1.29 is 0 Å². The molecule has 0 fully saturated rings. The molecular weight excluding hydrogens is 472 g/mol. The average molecular weight is 491 g/mol. The van der Waals surface area contributed by atoms with Gasteiger partial charge in [-0.3, -0.25) is 14.4 Å². The van der Waals surface area contributed by atoms with Crippen LogP contribution in [0.15, 0.2) is 124 Å². The summed E-state index contributed by atoms with van der Waals surface area (Å²) in [5, 5.41) is 2.59. The van der Waals surface area contributed by atoms with Crippen molar-refractivity contribution in [1.29, 1.82) is 0 Å². The molecule has 0 bridgehead atoms. The fourth-order valence-electron chi connectivity index (χ4n) is 6.04. The van der Waals surface area contributed by atoms with E-state index in [2.05, 4.69) is 0 Å². The molecule has 0 saturated carbocycles. The van der Waals surface area contributed by atoms with Crippen LogP contribution in [0, 0.1) is 0 Å². The van der Waals surface area contributed by atoms with Gasteiger partial charge in [-0.05, 0) is 54.6 Å². The van der Waals surface area contributed by atoms with E-state index in [1.54, 1.807) is 18.2 Å². The lowest BCUT2D eigenvalue weighted by atomic mass is 9.97. The van der Waals surface area contributed by atoms with Crippen LogP contribution in [-0.2, 0) is 0 Å². The molecule has 3 heterocycles. The van der Waals surface area contributed by atoms with Gasteiger partial charge in [-0.25, -0.2) is 0 Å². The van der Waals surface area contributed by atoms with Crippen LogP contribution in [0.2, 0.25) is 0 Å². The van der Waals surface area contributed by atoms with Crippen LogP contribution < -0.4 is 16.3 Å².